The highest BCUT2D eigenvalue weighted by molar-refractivity contribution is 6.23. The van der Waals surface area contributed by atoms with Gasteiger partial charge in [0.25, 0.3) is 11.8 Å². The zero-order valence-corrected chi connectivity index (χ0v) is 39.0. The molecule has 2 aromatic heterocycles. The number of aromatic nitrogens is 3. The van der Waals surface area contributed by atoms with Crippen molar-refractivity contribution >= 4 is 47.5 Å². The van der Waals surface area contributed by atoms with E-state index in [9.17, 15) is 14.4 Å². The Morgan fingerprint density at radius 1 is 0.953 bits per heavy atom. The van der Waals surface area contributed by atoms with Crippen LogP contribution in [0.5, 0.6) is 5.75 Å². The minimum Gasteiger partial charge on any atom is -0.491 e. The van der Waals surface area contributed by atoms with Crippen LogP contribution in [0.3, 0.4) is 0 Å². The van der Waals surface area contributed by atoms with Crippen LogP contribution in [-0.4, -0.2) is 146 Å². The van der Waals surface area contributed by atoms with Gasteiger partial charge in [-0.25, -0.2) is 24.7 Å². The fourth-order valence-corrected chi connectivity index (χ4v) is 6.74. The number of benzene rings is 1. The number of hydrogen-bond donors (Lipinski definition) is 2. The zero-order chi connectivity index (χ0) is 47.2. The van der Waals surface area contributed by atoms with Gasteiger partial charge in [0.1, 0.15) is 36.3 Å². The molecule has 3 amide bonds. The van der Waals surface area contributed by atoms with Gasteiger partial charge in [-0.15, -0.1) is 0 Å². The summed E-state index contributed by atoms with van der Waals surface area (Å²) < 4.78 is 30.6. The molecule has 0 aliphatic carbocycles. The summed E-state index contributed by atoms with van der Waals surface area (Å²) >= 11 is 0. The van der Waals surface area contributed by atoms with Crippen molar-refractivity contribution in [3.63, 3.8) is 0 Å². The molecule has 354 valence electrons. The van der Waals surface area contributed by atoms with Gasteiger partial charge in [-0.05, 0) is 91.6 Å². The number of amides is 3. The van der Waals surface area contributed by atoms with Gasteiger partial charge >= 0.3 is 0 Å². The van der Waals surface area contributed by atoms with E-state index in [1.165, 1.54) is 19.2 Å². The summed E-state index contributed by atoms with van der Waals surface area (Å²) in [6.45, 7) is 21.1. The lowest BCUT2D eigenvalue weighted by Crippen LogP contribution is -2.48. The highest BCUT2D eigenvalue weighted by atomic mass is 17.2. The second-order valence-electron chi connectivity index (χ2n) is 15.5. The number of piperidine rings is 1. The molecule has 0 saturated carbocycles. The third-order valence-electron chi connectivity index (χ3n) is 9.61. The molecule has 1 atom stereocenters. The molecule has 4 heterocycles. The third-order valence-corrected chi connectivity index (χ3v) is 9.61. The number of rotatable bonds is 22. The summed E-state index contributed by atoms with van der Waals surface area (Å²) in [5.41, 5.74) is 12.3. The van der Waals surface area contributed by atoms with E-state index < -0.39 is 29.4 Å². The van der Waals surface area contributed by atoms with Gasteiger partial charge in [-0.3, -0.25) is 24.3 Å². The lowest BCUT2D eigenvalue weighted by molar-refractivity contribution is -0.349. The summed E-state index contributed by atoms with van der Waals surface area (Å²) in [5, 5.41) is 0. The number of fused-ring (bicyclic) bond motifs is 2. The number of ether oxygens (including phenoxy) is 5. The van der Waals surface area contributed by atoms with Crippen molar-refractivity contribution in [2.24, 2.45) is 21.5 Å². The maximum Gasteiger partial charge on any atom is 0.262 e. The number of hydrogen-bond acceptors (Lipinski definition) is 14. The van der Waals surface area contributed by atoms with Crippen molar-refractivity contribution in [2.45, 2.75) is 98.1 Å². The number of methoxy groups -OCH3 is 1. The predicted molar refractivity (Wildman–Crippen MR) is 245 cm³/mol. The largest absolute Gasteiger partial charge is 0.491 e. The van der Waals surface area contributed by atoms with Crippen LogP contribution >= 0.6 is 0 Å². The Morgan fingerprint density at radius 3 is 2.20 bits per heavy atom. The van der Waals surface area contributed by atoms with E-state index in [1.54, 1.807) is 46.3 Å². The number of carbonyl (C=O) groups is 3. The molecule has 4 N–H and O–H groups in total. The number of guanidine groups is 1. The van der Waals surface area contributed by atoms with E-state index in [2.05, 4.69) is 50.7 Å². The van der Waals surface area contributed by atoms with Gasteiger partial charge in [-0.1, -0.05) is 13.8 Å². The molecular formula is C45H69N9O10. The smallest absolute Gasteiger partial charge is 0.262 e. The van der Waals surface area contributed by atoms with Crippen molar-refractivity contribution in [2.75, 3.05) is 73.5 Å². The molecule has 0 radical (unpaired) electrons. The number of nitrogens with zero attached hydrogens (tertiary/aromatic N) is 7. The maximum atomic E-state index is 13.2. The number of imide groups is 1. The molecule has 0 bridgehead atoms. The molecule has 1 unspecified atom stereocenters. The Morgan fingerprint density at radius 2 is 1.59 bits per heavy atom. The Kier molecular flexibility index (Phi) is 22.6. The fraction of sp³-hybridized carbons (Fsp3) is 0.578. The summed E-state index contributed by atoms with van der Waals surface area (Å²) in [4.78, 5) is 69.8. The van der Waals surface area contributed by atoms with Crippen LogP contribution in [0.4, 0.5) is 0 Å². The van der Waals surface area contributed by atoms with Crippen LogP contribution in [-0.2, 0) is 40.1 Å². The number of carbonyl (C=O) groups excluding carboxylic acids is 3. The predicted octanol–water partition coefficient (Wildman–Crippen LogP) is 4.97. The normalized spacial score (nSPS) is 15.0. The van der Waals surface area contributed by atoms with E-state index in [-0.39, 0.29) is 49.5 Å². The van der Waals surface area contributed by atoms with Crippen molar-refractivity contribution in [1.29, 1.82) is 0 Å². The summed E-state index contributed by atoms with van der Waals surface area (Å²) in [7, 11) is 3.24. The molecule has 1 fully saturated rings. The maximum absolute atomic E-state index is 13.2. The topological polar surface area (TPSA) is 230 Å². The number of aliphatic imine (C=N–C) groups is 2. The summed E-state index contributed by atoms with van der Waals surface area (Å²) in [6, 6.07) is 5.48. The quantitative estimate of drug-likeness (QED) is 0.0339. The summed E-state index contributed by atoms with van der Waals surface area (Å²) in [5.74, 6) is -0.319. The average molecular weight is 896 g/mol. The fourth-order valence-electron chi connectivity index (χ4n) is 6.74. The lowest BCUT2D eigenvalue weighted by atomic mass is 10.1. The second-order valence-corrected chi connectivity index (χ2v) is 15.5. The average Bonchev–Trinajstić information content (AvgIpc) is 3.77. The molecule has 2 aliphatic heterocycles. The van der Waals surface area contributed by atoms with Crippen LogP contribution < -0.4 is 16.2 Å². The number of imidazole rings is 1. The van der Waals surface area contributed by atoms with Crippen molar-refractivity contribution in [3.05, 3.63) is 59.3 Å². The third kappa shape index (κ3) is 15.5. The Balaban J connectivity index is 0.00000265. The first-order chi connectivity index (χ1) is 30.8. The Hall–Kier alpha value is -5.15. The van der Waals surface area contributed by atoms with Gasteiger partial charge in [0.2, 0.25) is 11.9 Å². The molecule has 5 rings (SSSR count). The zero-order valence-electron chi connectivity index (χ0n) is 39.0. The lowest BCUT2D eigenvalue weighted by Gasteiger charge is -2.31. The van der Waals surface area contributed by atoms with E-state index in [1.807, 2.05) is 26.0 Å². The molecule has 19 nitrogen and oxygen atoms in total. The molecule has 2 aliphatic rings. The van der Waals surface area contributed by atoms with Crippen LogP contribution in [0, 0.1) is 0 Å². The minimum absolute atomic E-state index is 0.0156. The Labute approximate surface area is 377 Å². The standard InChI is InChI=1S/C42H58N8O10.C2H6.CH5N/c1-28(2)49-36-24-29(10-14-45-41(44-6)48-15-11-30(54-7)12-16-48)46-26-34(36)47-37(49)27-57-21-20-55-18-19-56-22-23-58-31-8-9-32-33(25-31)40(53)50(39(32)52)35(38(43)51)13-17-59-60-42(3,4)5;2*1-2/h8-10,14,24-26,28,30,35H,6,11-13,15-23,27H2,1-5,7H3,(H2,43,51);1-2H3;2H2,1H3/b14-10-,45-41?;;. The van der Waals surface area contributed by atoms with Crippen LogP contribution in [0.2, 0.25) is 0 Å². The molecular weight excluding hydrogens is 827 g/mol. The first-order valence-electron chi connectivity index (χ1n) is 21.7. The van der Waals surface area contributed by atoms with E-state index in [4.69, 9.17) is 44.2 Å². The SMILES string of the molecule is C=NC(=N/C=C\c1cc2c(cn1)nc(COCCOCCOCCOc1ccc3c(c1)C(=O)N(C(CCOOC(C)(C)C)C(N)=O)C3=O)n2C(C)C)N1CCC(OC)CC1.CC.CN. The number of likely N-dealkylation sites (tertiary alicyclic amines) is 1. The first kappa shape index (κ1) is 53.2. The van der Waals surface area contributed by atoms with Crippen molar-refractivity contribution < 1.29 is 47.8 Å². The van der Waals surface area contributed by atoms with Gasteiger partial charge in [0, 0.05) is 38.9 Å². The number of nitrogens with two attached hydrogens (primary N) is 2. The second kappa shape index (κ2) is 27.2. The van der Waals surface area contributed by atoms with Gasteiger partial charge < -0.3 is 44.6 Å². The summed E-state index contributed by atoms with van der Waals surface area (Å²) in [6.07, 6.45) is 7.40. The van der Waals surface area contributed by atoms with E-state index in [0.29, 0.717) is 44.7 Å². The van der Waals surface area contributed by atoms with Gasteiger partial charge in [0.05, 0.1) is 79.9 Å². The molecule has 64 heavy (non-hydrogen) atoms. The van der Waals surface area contributed by atoms with E-state index >= 15 is 0 Å². The van der Waals surface area contributed by atoms with Crippen molar-refractivity contribution in [3.8, 4) is 5.75 Å². The molecule has 0 spiro atoms. The molecule has 3 aromatic rings. The van der Waals surface area contributed by atoms with Crippen molar-refractivity contribution in [1.82, 2.24) is 24.3 Å². The highest BCUT2D eigenvalue weighted by Gasteiger charge is 2.42. The highest BCUT2D eigenvalue weighted by Crippen LogP contribution is 2.29. The van der Waals surface area contributed by atoms with Gasteiger partial charge in [0.15, 0.2) is 0 Å². The van der Waals surface area contributed by atoms with Crippen LogP contribution in [0.15, 0.2) is 46.6 Å². The van der Waals surface area contributed by atoms with E-state index in [0.717, 1.165) is 53.4 Å². The molecule has 1 aromatic carbocycles. The molecule has 1 saturated heterocycles. The number of primary amides is 1. The minimum atomic E-state index is -1.20. The first-order valence-corrected chi connectivity index (χ1v) is 21.7. The Bertz CT molecular complexity index is 2010. The van der Waals surface area contributed by atoms with Gasteiger partial charge in [-0.2, -0.15) is 0 Å². The monoisotopic (exact) mass is 896 g/mol. The number of pyridine rings is 1. The van der Waals surface area contributed by atoms with Crippen LogP contribution in [0.25, 0.3) is 17.1 Å². The molecule has 19 heteroatoms. The van der Waals surface area contributed by atoms with Crippen LogP contribution in [0.1, 0.15) is 106 Å².